The van der Waals surface area contributed by atoms with Gasteiger partial charge < -0.3 is 14.5 Å². The Kier molecular flexibility index (Phi) is 8.18. The minimum absolute atomic E-state index is 0.162. The Morgan fingerprint density at radius 3 is 1.96 bits per heavy atom. The normalized spacial score (nSPS) is 19.1. The summed E-state index contributed by atoms with van der Waals surface area (Å²) in [6.45, 7) is 13.5. The summed E-state index contributed by atoms with van der Waals surface area (Å²) in [4.78, 5) is 17.9. The van der Waals surface area contributed by atoms with E-state index in [9.17, 15) is 8.77 Å². The Morgan fingerprint density at radius 1 is 1.21 bits per heavy atom. The maximum atomic E-state index is 12.5. The van der Waals surface area contributed by atoms with Gasteiger partial charge in [-0.15, -0.1) is 0 Å². The number of ether oxygens (including phenoxy) is 1. The molecule has 0 aliphatic rings. The molecular formula is C15H34NO6PS. The Balaban J connectivity index is 5.40. The fourth-order valence-electron chi connectivity index (χ4n) is 2.00. The minimum atomic E-state index is -4.61. The Morgan fingerprint density at radius 2 is 1.67 bits per heavy atom. The van der Waals surface area contributed by atoms with Gasteiger partial charge in [0, 0.05) is 28.0 Å². The lowest BCUT2D eigenvalue weighted by molar-refractivity contribution is -0.0816. The van der Waals surface area contributed by atoms with Crippen LogP contribution in [0.2, 0.25) is 0 Å². The second kappa shape index (κ2) is 8.16. The van der Waals surface area contributed by atoms with E-state index >= 15 is 0 Å². The molecule has 0 aliphatic carbocycles. The van der Waals surface area contributed by atoms with Gasteiger partial charge >= 0.3 is 7.82 Å². The largest absolute Gasteiger partial charge is 0.469 e. The van der Waals surface area contributed by atoms with E-state index in [1.807, 2.05) is 48.5 Å². The fraction of sp³-hybridized carbons (Fsp3) is 0.933. The molecule has 9 heteroatoms. The average molecular weight is 387 g/mol. The lowest BCUT2D eigenvalue weighted by Crippen LogP contribution is -2.50. The second-order valence-electron chi connectivity index (χ2n) is 8.24. The predicted octanol–water partition coefficient (Wildman–Crippen LogP) is 2.28. The molecule has 0 bridgehead atoms. The van der Waals surface area contributed by atoms with Crippen LogP contribution in [0.25, 0.3) is 0 Å². The minimum Gasteiger partial charge on any atom is -0.371 e. The van der Waals surface area contributed by atoms with Gasteiger partial charge in [-0.25, -0.2) is 8.87 Å². The summed E-state index contributed by atoms with van der Waals surface area (Å²) in [7, 11) is -7.15. The fourth-order valence-corrected chi connectivity index (χ4v) is 4.00. The van der Waals surface area contributed by atoms with E-state index < -0.39 is 29.2 Å². The average Bonchev–Trinajstić information content (AvgIpc) is 2.26. The van der Waals surface area contributed by atoms with Crippen LogP contribution in [0.15, 0.2) is 0 Å². The molecular weight excluding hydrogens is 353 g/mol. The third-order valence-corrected chi connectivity index (χ3v) is 5.74. The molecule has 0 fully saturated rings. The van der Waals surface area contributed by atoms with Crippen molar-refractivity contribution in [2.24, 2.45) is 5.41 Å². The zero-order valence-electron chi connectivity index (χ0n) is 16.1. The molecule has 0 rings (SSSR count). The van der Waals surface area contributed by atoms with Crippen molar-refractivity contribution in [3.63, 3.8) is 0 Å². The summed E-state index contributed by atoms with van der Waals surface area (Å²) < 4.78 is 35.8. The van der Waals surface area contributed by atoms with Crippen molar-refractivity contribution in [3.05, 3.63) is 0 Å². The molecule has 0 aromatic heterocycles. The van der Waals surface area contributed by atoms with Crippen molar-refractivity contribution in [1.29, 1.82) is 0 Å². The van der Waals surface area contributed by atoms with Gasteiger partial charge in [-0.2, -0.15) is 0 Å². The Bertz CT molecular complexity index is 543. The highest BCUT2D eigenvalue weighted by molar-refractivity contribution is 7.97. The molecule has 0 aromatic rings. The molecule has 146 valence electrons. The van der Waals surface area contributed by atoms with Crippen molar-refractivity contribution in [2.75, 3.05) is 19.4 Å². The van der Waals surface area contributed by atoms with Crippen LogP contribution >= 0.6 is 7.82 Å². The van der Waals surface area contributed by atoms with Gasteiger partial charge in [-0.3, -0.25) is 8.73 Å². The summed E-state index contributed by atoms with van der Waals surface area (Å²) in [5.74, 6) is 3.73. The van der Waals surface area contributed by atoms with Gasteiger partial charge in [0.1, 0.15) is 0 Å². The molecule has 0 saturated heterocycles. The van der Waals surface area contributed by atoms with Crippen LogP contribution < -0.4 is 0 Å². The molecule has 2 N–H and O–H groups in total. The van der Waals surface area contributed by atoms with Crippen LogP contribution in [0.3, 0.4) is 0 Å². The maximum absolute atomic E-state index is 12.5. The smallest absolute Gasteiger partial charge is 0.371 e. The molecule has 0 aromatic carbocycles. The van der Waals surface area contributed by atoms with E-state index in [0.717, 1.165) is 0 Å². The van der Waals surface area contributed by atoms with Gasteiger partial charge in [-0.05, 0) is 39.0 Å². The quantitative estimate of drug-likeness (QED) is 0.490. The molecule has 1 unspecified atom stereocenters. The highest BCUT2D eigenvalue weighted by Crippen LogP contribution is 2.36. The van der Waals surface area contributed by atoms with Gasteiger partial charge in [0.25, 0.3) is 0 Å². The number of phosphoric ester groups is 1. The number of phosphoric acid groups is 1. The SMILES string of the molecule is C=S(C)(=O)N(C[C@@H](COP(=O)(O)O)O[C@@H](C)C(C)(C)C)C(C)(C)C. The van der Waals surface area contributed by atoms with Gasteiger partial charge in [0.15, 0.2) is 0 Å². The zero-order valence-corrected chi connectivity index (χ0v) is 17.8. The van der Waals surface area contributed by atoms with Crippen molar-refractivity contribution < 1.29 is 27.8 Å². The lowest BCUT2D eigenvalue weighted by atomic mass is 9.90. The summed E-state index contributed by atoms with van der Waals surface area (Å²) in [5.41, 5.74) is -0.618. The monoisotopic (exact) mass is 387 g/mol. The molecule has 0 spiro atoms. The Labute approximate surface area is 147 Å². The standard InChI is InChI=1S/C15H34NO6PS/c1-12(14(2,3)4)22-13(11-21-23(17,18)19)10-16(15(5,6)7)24(8,9)20/h12-13H,8,10-11H2,1-7,9H3,(H2,17,18,19)/t12-,13-,24?/m0/s1. The summed E-state index contributed by atoms with van der Waals surface area (Å²) in [5, 5.41) is 0. The van der Waals surface area contributed by atoms with E-state index in [1.54, 1.807) is 4.31 Å². The van der Waals surface area contributed by atoms with E-state index in [-0.39, 0.29) is 24.7 Å². The molecule has 24 heavy (non-hydrogen) atoms. The van der Waals surface area contributed by atoms with Crippen LogP contribution in [0.1, 0.15) is 48.5 Å². The first kappa shape index (κ1) is 24.1. The maximum Gasteiger partial charge on any atom is 0.469 e. The highest BCUT2D eigenvalue weighted by Gasteiger charge is 2.32. The van der Waals surface area contributed by atoms with Crippen LogP contribution in [0.4, 0.5) is 0 Å². The molecule has 7 nitrogen and oxygen atoms in total. The molecule has 3 atom stereocenters. The van der Waals surface area contributed by atoms with Gasteiger partial charge in [0.2, 0.25) is 0 Å². The predicted molar refractivity (Wildman–Crippen MR) is 99.4 cm³/mol. The van der Waals surface area contributed by atoms with Crippen molar-refractivity contribution in [1.82, 2.24) is 4.31 Å². The van der Waals surface area contributed by atoms with E-state index in [2.05, 4.69) is 10.4 Å². The summed E-state index contributed by atoms with van der Waals surface area (Å²) >= 11 is 0. The summed E-state index contributed by atoms with van der Waals surface area (Å²) in [6.07, 6.45) is 0.683. The van der Waals surface area contributed by atoms with E-state index in [0.29, 0.717) is 0 Å². The Hall–Kier alpha value is 0.0500. The van der Waals surface area contributed by atoms with Crippen molar-refractivity contribution in [3.8, 4) is 0 Å². The van der Waals surface area contributed by atoms with Crippen molar-refractivity contribution >= 4 is 23.4 Å². The first-order valence-electron chi connectivity index (χ1n) is 7.79. The van der Waals surface area contributed by atoms with E-state index in [4.69, 9.17) is 14.5 Å². The van der Waals surface area contributed by atoms with Crippen LogP contribution in [-0.2, 0) is 23.5 Å². The molecule has 0 amide bonds. The third kappa shape index (κ3) is 9.51. The first-order valence-corrected chi connectivity index (χ1v) is 11.4. The number of hydrogen-bond donors (Lipinski definition) is 2. The lowest BCUT2D eigenvalue weighted by Gasteiger charge is -2.40. The number of nitrogens with zero attached hydrogens (tertiary/aromatic N) is 1. The van der Waals surface area contributed by atoms with Crippen molar-refractivity contribution in [2.45, 2.75) is 66.2 Å². The van der Waals surface area contributed by atoms with Crippen LogP contribution in [0.5, 0.6) is 0 Å². The van der Waals surface area contributed by atoms with Gasteiger partial charge in [-0.1, -0.05) is 20.8 Å². The van der Waals surface area contributed by atoms with Crippen LogP contribution in [0, 0.1) is 5.41 Å². The zero-order chi connectivity index (χ0) is 19.6. The number of hydrogen-bond acceptors (Lipinski definition) is 4. The summed E-state index contributed by atoms with van der Waals surface area (Å²) in [6, 6.07) is 0. The molecule has 0 radical (unpaired) electrons. The van der Waals surface area contributed by atoms with E-state index in [1.165, 1.54) is 6.26 Å². The topological polar surface area (TPSA) is 96.3 Å². The second-order valence-corrected chi connectivity index (χ2v) is 11.8. The number of rotatable bonds is 8. The first-order chi connectivity index (χ1) is 10.3. The van der Waals surface area contributed by atoms with Gasteiger partial charge in [0.05, 0.1) is 18.8 Å². The third-order valence-electron chi connectivity index (χ3n) is 3.63. The van der Waals surface area contributed by atoms with Crippen LogP contribution in [-0.4, -0.2) is 61.3 Å². The molecule has 0 heterocycles. The molecule has 0 saturated carbocycles. The molecule has 0 aliphatic heterocycles. The highest BCUT2D eigenvalue weighted by atomic mass is 32.2.